The molecule has 29 heavy (non-hydrogen) atoms. The molecule has 8 nitrogen and oxygen atoms in total. The predicted octanol–water partition coefficient (Wildman–Crippen LogP) is 2.85. The molecule has 0 aliphatic carbocycles. The van der Waals surface area contributed by atoms with Crippen molar-refractivity contribution in [1.29, 1.82) is 0 Å². The minimum absolute atomic E-state index is 0.0452. The quantitative estimate of drug-likeness (QED) is 0.656. The molecule has 1 aliphatic rings. The van der Waals surface area contributed by atoms with Crippen molar-refractivity contribution in [2.45, 2.75) is 39.7 Å². The topological polar surface area (TPSA) is 103 Å². The molecule has 0 saturated carbocycles. The van der Waals surface area contributed by atoms with Crippen molar-refractivity contribution in [1.82, 2.24) is 14.4 Å². The van der Waals surface area contributed by atoms with Crippen LogP contribution in [0.1, 0.15) is 44.2 Å². The van der Waals surface area contributed by atoms with Gasteiger partial charge in [-0.05, 0) is 45.2 Å². The molecule has 0 bridgehead atoms. The van der Waals surface area contributed by atoms with E-state index >= 15 is 0 Å². The summed E-state index contributed by atoms with van der Waals surface area (Å²) in [6.45, 7) is 5.47. The summed E-state index contributed by atoms with van der Waals surface area (Å²) in [6.07, 6.45) is 0.0434. The number of carbonyl (C=O) groups excluding carboxylic acids is 1. The zero-order valence-electron chi connectivity index (χ0n) is 16.6. The van der Waals surface area contributed by atoms with Gasteiger partial charge in [-0.25, -0.2) is 17.1 Å². The van der Waals surface area contributed by atoms with Gasteiger partial charge in [0.1, 0.15) is 5.82 Å². The third-order valence-electron chi connectivity index (χ3n) is 5.06. The Morgan fingerprint density at radius 3 is 2.69 bits per heavy atom. The molecule has 1 aliphatic heterocycles. The molecule has 0 spiro atoms. The van der Waals surface area contributed by atoms with E-state index in [-0.39, 0.29) is 29.2 Å². The number of esters is 1. The van der Waals surface area contributed by atoms with Crippen LogP contribution in [0.25, 0.3) is 11.4 Å². The zero-order valence-corrected chi connectivity index (χ0v) is 17.4. The number of aryl methyl sites for hydroxylation is 1. The van der Waals surface area contributed by atoms with E-state index in [0.717, 1.165) is 0 Å². The number of aromatic nitrogens is 2. The lowest BCUT2D eigenvalue weighted by Crippen LogP contribution is -2.41. The number of benzene rings is 1. The Balaban J connectivity index is 1.59. The summed E-state index contributed by atoms with van der Waals surface area (Å²) in [5.74, 6) is -0.810. The van der Waals surface area contributed by atoms with Gasteiger partial charge in [0, 0.05) is 18.7 Å². The minimum Gasteiger partial charge on any atom is -0.452 e. The Morgan fingerprint density at radius 2 is 2.07 bits per heavy atom. The average Bonchev–Trinajstić information content (AvgIpc) is 3.20. The lowest BCUT2D eigenvalue weighted by Gasteiger charge is -2.30. The van der Waals surface area contributed by atoms with Crippen molar-refractivity contribution in [3.8, 4) is 11.4 Å². The van der Waals surface area contributed by atoms with Crippen LogP contribution in [-0.2, 0) is 19.6 Å². The Bertz CT molecular complexity index is 983. The van der Waals surface area contributed by atoms with Gasteiger partial charge in [-0.2, -0.15) is 4.98 Å². The van der Waals surface area contributed by atoms with Crippen molar-refractivity contribution >= 4 is 16.0 Å². The molecule has 0 radical (unpaired) electrons. The van der Waals surface area contributed by atoms with Crippen LogP contribution < -0.4 is 0 Å². The number of ether oxygens (including phenoxy) is 1. The molecule has 10 heteroatoms. The maximum atomic E-state index is 13.7. The summed E-state index contributed by atoms with van der Waals surface area (Å²) in [5, 5.41) is 3.83. The summed E-state index contributed by atoms with van der Waals surface area (Å²) in [6, 6.07) is 4.62. The van der Waals surface area contributed by atoms with Crippen molar-refractivity contribution in [2.24, 2.45) is 5.92 Å². The largest absolute Gasteiger partial charge is 0.452 e. The minimum atomic E-state index is -3.24. The highest BCUT2D eigenvalue weighted by atomic mass is 32.2. The number of piperidine rings is 1. The Kier molecular flexibility index (Phi) is 6.33. The summed E-state index contributed by atoms with van der Waals surface area (Å²) in [5.41, 5.74) is 0.976. The number of nitrogens with zero attached hydrogens (tertiary/aromatic N) is 3. The van der Waals surface area contributed by atoms with E-state index in [1.807, 2.05) is 0 Å². The van der Waals surface area contributed by atoms with Gasteiger partial charge in [-0.3, -0.25) is 4.79 Å². The van der Waals surface area contributed by atoms with Crippen LogP contribution in [0.5, 0.6) is 0 Å². The first-order chi connectivity index (χ1) is 13.7. The standard InChI is InChI=1S/C19H24FN3O5S/c1-4-29(25,26)23-9-7-14(8-10-23)19(24)27-13(3)18-21-17(22-28-18)15-6-5-12(2)16(20)11-15/h5-6,11,13-14H,4,7-10H2,1-3H3. The average molecular weight is 425 g/mol. The first kappa shape index (κ1) is 21.4. The van der Waals surface area contributed by atoms with Crippen LogP contribution in [0.15, 0.2) is 22.7 Å². The fourth-order valence-electron chi connectivity index (χ4n) is 3.12. The van der Waals surface area contributed by atoms with Crippen LogP contribution in [0, 0.1) is 18.7 Å². The predicted molar refractivity (Wildman–Crippen MR) is 103 cm³/mol. The molecule has 1 saturated heterocycles. The number of rotatable bonds is 6. The molecule has 2 aromatic rings. The fraction of sp³-hybridized carbons (Fsp3) is 0.526. The van der Waals surface area contributed by atoms with E-state index in [0.29, 0.717) is 37.1 Å². The molecular formula is C19H24FN3O5S. The lowest BCUT2D eigenvalue weighted by atomic mass is 9.98. The Morgan fingerprint density at radius 1 is 1.38 bits per heavy atom. The van der Waals surface area contributed by atoms with Crippen molar-refractivity contribution < 1.29 is 26.9 Å². The molecule has 1 fully saturated rings. The normalized spacial score (nSPS) is 17.2. The van der Waals surface area contributed by atoms with Crippen molar-refractivity contribution in [3.05, 3.63) is 35.5 Å². The summed E-state index contributed by atoms with van der Waals surface area (Å²) in [4.78, 5) is 16.6. The molecular weight excluding hydrogens is 401 g/mol. The zero-order chi connectivity index (χ0) is 21.2. The van der Waals surface area contributed by atoms with E-state index in [9.17, 15) is 17.6 Å². The molecule has 1 unspecified atom stereocenters. The second-order valence-electron chi connectivity index (χ2n) is 7.07. The molecule has 3 rings (SSSR count). The first-order valence-corrected chi connectivity index (χ1v) is 11.1. The van der Waals surface area contributed by atoms with Gasteiger partial charge in [-0.15, -0.1) is 0 Å². The summed E-state index contributed by atoms with van der Waals surface area (Å²) in [7, 11) is -3.24. The van der Waals surface area contributed by atoms with E-state index in [1.54, 1.807) is 32.9 Å². The second kappa shape index (κ2) is 8.58. The number of sulfonamides is 1. The third kappa shape index (κ3) is 4.81. The van der Waals surface area contributed by atoms with Crippen molar-refractivity contribution in [2.75, 3.05) is 18.8 Å². The molecule has 1 atom stereocenters. The first-order valence-electron chi connectivity index (χ1n) is 9.49. The number of hydrogen-bond donors (Lipinski definition) is 0. The Labute approximate surface area is 169 Å². The molecule has 1 aromatic carbocycles. The van der Waals surface area contributed by atoms with Crippen LogP contribution in [0.2, 0.25) is 0 Å². The molecule has 1 aromatic heterocycles. The van der Waals surface area contributed by atoms with E-state index in [2.05, 4.69) is 10.1 Å². The Hall–Kier alpha value is -2.33. The molecule has 2 heterocycles. The maximum Gasteiger partial charge on any atom is 0.309 e. The van der Waals surface area contributed by atoms with E-state index in [4.69, 9.17) is 9.26 Å². The van der Waals surface area contributed by atoms with Gasteiger partial charge >= 0.3 is 5.97 Å². The molecule has 0 N–H and O–H groups in total. The van der Waals surface area contributed by atoms with Gasteiger partial charge < -0.3 is 9.26 Å². The number of hydrogen-bond acceptors (Lipinski definition) is 7. The third-order valence-corrected chi connectivity index (χ3v) is 6.94. The SMILES string of the molecule is CCS(=O)(=O)N1CCC(C(=O)OC(C)c2nc(-c3ccc(C)c(F)c3)no2)CC1. The van der Waals surface area contributed by atoms with Crippen LogP contribution in [0.3, 0.4) is 0 Å². The highest BCUT2D eigenvalue weighted by Crippen LogP contribution is 2.26. The van der Waals surface area contributed by atoms with Gasteiger partial charge in [0.15, 0.2) is 6.10 Å². The van der Waals surface area contributed by atoms with Crippen LogP contribution >= 0.6 is 0 Å². The highest BCUT2D eigenvalue weighted by Gasteiger charge is 2.32. The van der Waals surface area contributed by atoms with Crippen LogP contribution in [0.4, 0.5) is 4.39 Å². The summed E-state index contributed by atoms with van der Waals surface area (Å²) >= 11 is 0. The summed E-state index contributed by atoms with van der Waals surface area (Å²) < 4.78 is 49.6. The number of halogens is 1. The fourth-order valence-corrected chi connectivity index (χ4v) is 4.25. The molecule has 0 amide bonds. The van der Waals surface area contributed by atoms with E-state index in [1.165, 1.54) is 10.4 Å². The molecule has 158 valence electrons. The second-order valence-corrected chi connectivity index (χ2v) is 9.33. The van der Waals surface area contributed by atoms with Crippen LogP contribution in [-0.4, -0.2) is 47.7 Å². The lowest BCUT2D eigenvalue weighted by molar-refractivity contribution is -0.156. The van der Waals surface area contributed by atoms with Crippen molar-refractivity contribution in [3.63, 3.8) is 0 Å². The highest BCUT2D eigenvalue weighted by molar-refractivity contribution is 7.89. The van der Waals surface area contributed by atoms with Gasteiger partial charge in [-0.1, -0.05) is 17.3 Å². The monoisotopic (exact) mass is 425 g/mol. The van der Waals surface area contributed by atoms with Gasteiger partial charge in [0.2, 0.25) is 15.8 Å². The van der Waals surface area contributed by atoms with Gasteiger partial charge in [0.05, 0.1) is 11.7 Å². The number of carbonyl (C=O) groups is 1. The maximum absolute atomic E-state index is 13.7. The smallest absolute Gasteiger partial charge is 0.309 e. The van der Waals surface area contributed by atoms with Gasteiger partial charge in [0.25, 0.3) is 5.89 Å². The van der Waals surface area contributed by atoms with E-state index < -0.39 is 22.1 Å².